The van der Waals surface area contributed by atoms with Gasteiger partial charge in [0.05, 0.1) is 6.54 Å². The molecule has 20 heavy (non-hydrogen) atoms. The smallest absolute Gasteiger partial charge is 0.233 e. The van der Waals surface area contributed by atoms with E-state index in [9.17, 15) is 0 Å². The molecule has 0 aliphatic heterocycles. The number of furan rings is 1. The number of aryl methyl sites for hydroxylation is 2. The first-order valence-electron chi connectivity index (χ1n) is 6.81. The molecule has 0 unspecified atom stereocenters. The standard InChI is InChI=1S/C15H23N3O2/c1-10-6-14(18-17-10)19-9-12-7-13(20-11(12)2)8-16-15(3,4)5/h6-7,16H,8-9H2,1-5H3,(H,17,18). The SMILES string of the molecule is Cc1cc(OCc2cc(CNC(C)(C)C)oc2C)n[nH]1. The van der Waals surface area contributed by atoms with Crippen LogP contribution in [0, 0.1) is 13.8 Å². The number of rotatable bonds is 5. The molecule has 0 fully saturated rings. The molecule has 2 aromatic heterocycles. The van der Waals surface area contributed by atoms with Gasteiger partial charge in [0.2, 0.25) is 5.88 Å². The zero-order valence-electron chi connectivity index (χ0n) is 12.8. The quantitative estimate of drug-likeness (QED) is 0.881. The first-order valence-corrected chi connectivity index (χ1v) is 6.81. The molecular formula is C15H23N3O2. The maximum Gasteiger partial charge on any atom is 0.233 e. The molecule has 0 spiro atoms. The zero-order chi connectivity index (χ0) is 14.8. The van der Waals surface area contributed by atoms with Gasteiger partial charge < -0.3 is 14.5 Å². The lowest BCUT2D eigenvalue weighted by molar-refractivity contribution is 0.290. The molecule has 0 aliphatic rings. The molecule has 2 heterocycles. The minimum atomic E-state index is 0.0733. The Labute approximate surface area is 119 Å². The zero-order valence-corrected chi connectivity index (χ0v) is 12.8. The van der Waals surface area contributed by atoms with E-state index in [0.717, 1.165) is 22.8 Å². The van der Waals surface area contributed by atoms with Crippen molar-refractivity contribution in [3.63, 3.8) is 0 Å². The summed E-state index contributed by atoms with van der Waals surface area (Å²) in [6, 6.07) is 3.91. The highest BCUT2D eigenvalue weighted by molar-refractivity contribution is 5.21. The van der Waals surface area contributed by atoms with Crippen molar-refractivity contribution in [2.45, 2.75) is 53.3 Å². The summed E-state index contributed by atoms with van der Waals surface area (Å²) in [6.45, 7) is 11.5. The molecule has 5 nitrogen and oxygen atoms in total. The Morgan fingerprint density at radius 1 is 1.30 bits per heavy atom. The Morgan fingerprint density at radius 2 is 2.05 bits per heavy atom. The van der Waals surface area contributed by atoms with E-state index in [1.54, 1.807) is 0 Å². The highest BCUT2D eigenvalue weighted by Crippen LogP contribution is 2.18. The second-order valence-electron chi connectivity index (χ2n) is 6.08. The van der Waals surface area contributed by atoms with Crippen LogP contribution in [0.2, 0.25) is 0 Å². The van der Waals surface area contributed by atoms with Crippen LogP contribution in [0.5, 0.6) is 5.88 Å². The lowest BCUT2D eigenvalue weighted by Gasteiger charge is -2.19. The van der Waals surface area contributed by atoms with E-state index in [1.165, 1.54) is 0 Å². The van der Waals surface area contributed by atoms with Gasteiger partial charge in [-0.2, -0.15) is 0 Å². The summed E-state index contributed by atoms with van der Waals surface area (Å²) >= 11 is 0. The monoisotopic (exact) mass is 277 g/mol. The predicted octanol–water partition coefficient (Wildman–Crippen LogP) is 3.09. The van der Waals surface area contributed by atoms with Crippen molar-refractivity contribution >= 4 is 0 Å². The van der Waals surface area contributed by atoms with E-state index in [2.05, 4.69) is 36.3 Å². The Balaban J connectivity index is 1.93. The molecule has 0 aliphatic carbocycles. The van der Waals surface area contributed by atoms with Crippen LogP contribution < -0.4 is 10.1 Å². The number of ether oxygens (including phenoxy) is 1. The molecule has 0 radical (unpaired) electrons. The number of hydrogen-bond donors (Lipinski definition) is 2. The summed E-state index contributed by atoms with van der Waals surface area (Å²) < 4.78 is 11.4. The molecule has 0 saturated heterocycles. The third-order valence-electron chi connectivity index (χ3n) is 2.92. The number of aromatic nitrogens is 2. The molecule has 0 atom stereocenters. The van der Waals surface area contributed by atoms with Crippen molar-refractivity contribution in [2.24, 2.45) is 0 Å². The van der Waals surface area contributed by atoms with E-state index in [0.29, 0.717) is 19.0 Å². The third-order valence-corrected chi connectivity index (χ3v) is 2.92. The van der Waals surface area contributed by atoms with Gasteiger partial charge in [-0.05, 0) is 40.7 Å². The maximum atomic E-state index is 5.73. The highest BCUT2D eigenvalue weighted by atomic mass is 16.5. The molecule has 0 saturated carbocycles. The summed E-state index contributed by atoms with van der Waals surface area (Å²) in [4.78, 5) is 0. The largest absolute Gasteiger partial charge is 0.472 e. The van der Waals surface area contributed by atoms with Crippen LogP contribution in [0.15, 0.2) is 16.5 Å². The van der Waals surface area contributed by atoms with Crippen LogP contribution in [0.1, 0.15) is 43.5 Å². The predicted molar refractivity (Wildman–Crippen MR) is 77.7 cm³/mol. The van der Waals surface area contributed by atoms with Gasteiger partial charge >= 0.3 is 0 Å². The van der Waals surface area contributed by atoms with Gasteiger partial charge in [-0.3, -0.25) is 5.10 Å². The van der Waals surface area contributed by atoms with Crippen molar-refractivity contribution in [3.05, 3.63) is 34.9 Å². The summed E-state index contributed by atoms with van der Waals surface area (Å²) in [5.41, 5.74) is 2.11. The van der Waals surface area contributed by atoms with Crippen LogP contribution >= 0.6 is 0 Å². The lowest BCUT2D eigenvalue weighted by Crippen LogP contribution is -2.34. The van der Waals surface area contributed by atoms with Gasteiger partial charge in [-0.25, -0.2) is 0 Å². The van der Waals surface area contributed by atoms with Crippen LogP contribution in [-0.2, 0) is 13.2 Å². The second kappa shape index (κ2) is 5.71. The number of aromatic amines is 1. The Kier molecular flexibility index (Phi) is 4.18. The van der Waals surface area contributed by atoms with Crippen molar-refractivity contribution in [1.29, 1.82) is 0 Å². The van der Waals surface area contributed by atoms with E-state index in [4.69, 9.17) is 9.15 Å². The summed E-state index contributed by atoms with van der Waals surface area (Å²) in [5.74, 6) is 2.43. The second-order valence-corrected chi connectivity index (χ2v) is 6.08. The van der Waals surface area contributed by atoms with Crippen LogP contribution in [0.3, 0.4) is 0 Å². The van der Waals surface area contributed by atoms with E-state index >= 15 is 0 Å². The van der Waals surface area contributed by atoms with E-state index in [1.807, 2.05) is 26.0 Å². The van der Waals surface area contributed by atoms with Gasteiger partial charge in [-0.1, -0.05) is 0 Å². The maximum absolute atomic E-state index is 5.73. The first kappa shape index (κ1) is 14.7. The summed E-state index contributed by atoms with van der Waals surface area (Å²) in [5, 5.41) is 10.3. The Bertz CT molecular complexity index is 564. The van der Waals surface area contributed by atoms with Crippen LogP contribution in [-0.4, -0.2) is 15.7 Å². The number of nitrogens with zero attached hydrogens (tertiary/aromatic N) is 1. The number of H-pyrrole nitrogens is 1. The number of nitrogens with one attached hydrogen (secondary N) is 2. The normalized spacial score (nSPS) is 11.8. The van der Waals surface area contributed by atoms with E-state index < -0.39 is 0 Å². The molecule has 0 bridgehead atoms. The van der Waals surface area contributed by atoms with Crippen molar-refractivity contribution < 1.29 is 9.15 Å². The van der Waals surface area contributed by atoms with Gasteiger partial charge in [0.15, 0.2) is 0 Å². The average Bonchev–Trinajstić information content (AvgIpc) is 2.90. The topological polar surface area (TPSA) is 63.1 Å². The van der Waals surface area contributed by atoms with E-state index in [-0.39, 0.29) is 5.54 Å². The van der Waals surface area contributed by atoms with Gasteiger partial charge in [0, 0.05) is 22.9 Å². The molecule has 2 rings (SSSR count). The van der Waals surface area contributed by atoms with Crippen LogP contribution in [0.25, 0.3) is 0 Å². The van der Waals surface area contributed by atoms with Crippen LogP contribution in [0.4, 0.5) is 0 Å². The fraction of sp³-hybridized carbons (Fsp3) is 0.533. The molecule has 2 N–H and O–H groups in total. The fourth-order valence-electron chi connectivity index (χ4n) is 1.79. The Morgan fingerprint density at radius 3 is 2.65 bits per heavy atom. The molecular weight excluding hydrogens is 254 g/mol. The van der Waals surface area contributed by atoms with Crippen molar-refractivity contribution in [3.8, 4) is 5.88 Å². The Hall–Kier alpha value is -1.75. The minimum absolute atomic E-state index is 0.0733. The van der Waals surface area contributed by atoms with Crippen molar-refractivity contribution in [2.75, 3.05) is 0 Å². The lowest BCUT2D eigenvalue weighted by atomic mass is 10.1. The molecule has 2 aromatic rings. The fourth-order valence-corrected chi connectivity index (χ4v) is 1.79. The number of hydrogen-bond acceptors (Lipinski definition) is 4. The van der Waals surface area contributed by atoms with Crippen molar-refractivity contribution in [1.82, 2.24) is 15.5 Å². The molecule has 110 valence electrons. The third kappa shape index (κ3) is 4.13. The van der Waals surface area contributed by atoms with Gasteiger partial charge in [0.25, 0.3) is 0 Å². The van der Waals surface area contributed by atoms with Gasteiger partial charge in [-0.15, -0.1) is 5.10 Å². The van der Waals surface area contributed by atoms with Gasteiger partial charge in [0.1, 0.15) is 18.1 Å². The highest BCUT2D eigenvalue weighted by Gasteiger charge is 2.13. The first-order chi connectivity index (χ1) is 9.33. The summed E-state index contributed by atoms with van der Waals surface area (Å²) in [6.07, 6.45) is 0. The molecule has 5 heteroatoms. The molecule has 0 amide bonds. The molecule has 0 aromatic carbocycles. The average molecular weight is 277 g/mol. The minimum Gasteiger partial charge on any atom is -0.472 e. The summed E-state index contributed by atoms with van der Waals surface area (Å²) in [7, 11) is 0.